The normalized spacial score (nSPS) is 20.0. The third-order valence-corrected chi connectivity index (χ3v) is 6.48. The number of nitrogens with zero attached hydrogens (tertiary/aromatic N) is 4. The minimum absolute atomic E-state index is 0.0278. The number of aryl methyl sites for hydroxylation is 1. The number of benzene rings is 1. The molecule has 2 fully saturated rings. The molecule has 2 aromatic rings. The Balaban J connectivity index is 1.34. The van der Waals surface area contributed by atoms with E-state index in [2.05, 4.69) is 14.9 Å². The Hall–Kier alpha value is -2.91. The molecule has 1 saturated heterocycles. The van der Waals surface area contributed by atoms with Crippen molar-refractivity contribution in [1.29, 1.82) is 0 Å². The minimum Gasteiger partial charge on any atom is -0.339 e. The molecule has 4 rings (SSSR count). The van der Waals surface area contributed by atoms with Crippen molar-refractivity contribution in [3.63, 3.8) is 0 Å². The summed E-state index contributed by atoms with van der Waals surface area (Å²) < 4.78 is 43.5. The summed E-state index contributed by atoms with van der Waals surface area (Å²) in [6.45, 7) is 2.94. The van der Waals surface area contributed by atoms with Gasteiger partial charge in [0.15, 0.2) is 0 Å². The first-order valence-electron chi connectivity index (χ1n) is 10.1. The van der Waals surface area contributed by atoms with E-state index in [1.54, 1.807) is 23.8 Å². The lowest BCUT2D eigenvalue weighted by molar-refractivity contribution is -0.137. The second kappa shape index (κ2) is 7.65. The van der Waals surface area contributed by atoms with Gasteiger partial charge in [-0.2, -0.15) is 13.2 Å². The number of alkyl halides is 3. The molecular weight excluding hydrogens is 413 g/mol. The summed E-state index contributed by atoms with van der Waals surface area (Å²) in [6.07, 6.45) is -2.41. The lowest BCUT2D eigenvalue weighted by atomic mass is 9.90. The molecule has 0 N–H and O–H groups in total. The van der Waals surface area contributed by atoms with Crippen molar-refractivity contribution in [2.24, 2.45) is 11.3 Å². The number of aromatic nitrogens is 2. The molecule has 1 aliphatic carbocycles. The molecule has 7 nitrogen and oxygen atoms in total. The standard InChI is InChI=1S/C21H23F3N4O3/c1-13-17(26-31-25-13)12-27(2)19(30)16-11-20(16)6-8-28(9-7-20)18(29)14-4-3-5-15(10-14)21(22,23)24/h3-5,10,16H,6-9,11-12H2,1-2H3/t16-/m0/s1. The lowest BCUT2D eigenvalue weighted by Crippen LogP contribution is -2.40. The van der Waals surface area contributed by atoms with E-state index in [9.17, 15) is 22.8 Å². The van der Waals surface area contributed by atoms with E-state index < -0.39 is 17.6 Å². The zero-order valence-corrected chi connectivity index (χ0v) is 17.3. The molecule has 1 aliphatic heterocycles. The van der Waals surface area contributed by atoms with Crippen molar-refractivity contribution in [3.05, 3.63) is 46.8 Å². The Kier molecular flexibility index (Phi) is 5.26. The van der Waals surface area contributed by atoms with E-state index in [4.69, 9.17) is 0 Å². The number of amides is 2. The largest absolute Gasteiger partial charge is 0.416 e. The first-order chi connectivity index (χ1) is 14.6. The highest BCUT2D eigenvalue weighted by Gasteiger charge is 2.59. The molecule has 0 bridgehead atoms. The molecule has 1 saturated carbocycles. The molecule has 166 valence electrons. The van der Waals surface area contributed by atoms with Crippen LogP contribution in [0.15, 0.2) is 28.9 Å². The number of halogens is 3. The van der Waals surface area contributed by atoms with E-state index >= 15 is 0 Å². The van der Waals surface area contributed by atoms with Crippen LogP contribution in [0, 0.1) is 18.3 Å². The fourth-order valence-electron chi connectivity index (χ4n) is 4.38. The summed E-state index contributed by atoms with van der Waals surface area (Å²) in [6, 6.07) is 4.50. The Labute approximate surface area is 177 Å². The third-order valence-electron chi connectivity index (χ3n) is 6.48. The molecule has 1 spiro atoms. The number of rotatable bonds is 4. The van der Waals surface area contributed by atoms with E-state index in [-0.39, 0.29) is 22.8 Å². The molecular formula is C21H23F3N4O3. The maximum atomic E-state index is 12.9. The predicted molar refractivity (Wildman–Crippen MR) is 103 cm³/mol. The van der Waals surface area contributed by atoms with Crippen molar-refractivity contribution in [2.45, 2.75) is 38.9 Å². The molecule has 1 aromatic carbocycles. The quantitative estimate of drug-likeness (QED) is 0.735. The van der Waals surface area contributed by atoms with Crippen molar-refractivity contribution >= 4 is 11.8 Å². The molecule has 1 aromatic heterocycles. The van der Waals surface area contributed by atoms with Crippen LogP contribution in [0.25, 0.3) is 0 Å². The van der Waals surface area contributed by atoms with Gasteiger partial charge in [-0.1, -0.05) is 16.4 Å². The van der Waals surface area contributed by atoms with Crippen molar-refractivity contribution < 1.29 is 27.4 Å². The molecule has 2 aliphatic rings. The average molecular weight is 436 g/mol. The fraction of sp³-hybridized carbons (Fsp3) is 0.524. The highest BCUT2D eigenvalue weighted by atomic mass is 19.4. The summed E-state index contributed by atoms with van der Waals surface area (Å²) in [7, 11) is 1.72. The van der Waals surface area contributed by atoms with Crippen molar-refractivity contribution in [1.82, 2.24) is 20.1 Å². The third kappa shape index (κ3) is 4.15. The van der Waals surface area contributed by atoms with Crippen LogP contribution in [0.1, 0.15) is 46.6 Å². The van der Waals surface area contributed by atoms with Gasteiger partial charge in [0.05, 0.1) is 12.1 Å². The van der Waals surface area contributed by atoms with Gasteiger partial charge in [-0.3, -0.25) is 9.59 Å². The van der Waals surface area contributed by atoms with Gasteiger partial charge in [-0.25, -0.2) is 4.63 Å². The van der Waals surface area contributed by atoms with Crippen LogP contribution in [-0.2, 0) is 17.5 Å². The second-order valence-corrected chi connectivity index (χ2v) is 8.48. The smallest absolute Gasteiger partial charge is 0.339 e. The van der Waals surface area contributed by atoms with E-state index in [0.29, 0.717) is 43.9 Å². The second-order valence-electron chi connectivity index (χ2n) is 8.48. The molecule has 2 heterocycles. The number of hydrogen-bond acceptors (Lipinski definition) is 5. The summed E-state index contributed by atoms with van der Waals surface area (Å²) in [5.41, 5.74) is 0.331. The van der Waals surface area contributed by atoms with Gasteiger partial charge in [0.2, 0.25) is 5.91 Å². The van der Waals surface area contributed by atoms with Crippen LogP contribution < -0.4 is 0 Å². The number of hydrogen-bond donors (Lipinski definition) is 0. The Morgan fingerprint density at radius 1 is 1.26 bits per heavy atom. The van der Waals surface area contributed by atoms with E-state index in [1.807, 2.05) is 0 Å². The average Bonchev–Trinajstić information content (AvgIpc) is 3.29. The van der Waals surface area contributed by atoms with Crippen LogP contribution in [0.4, 0.5) is 13.2 Å². The predicted octanol–water partition coefficient (Wildman–Crippen LogP) is 3.30. The maximum Gasteiger partial charge on any atom is 0.416 e. The van der Waals surface area contributed by atoms with Crippen molar-refractivity contribution in [3.8, 4) is 0 Å². The number of carbonyl (C=O) groups excluding carboxylic acids is 2. The van der Waals surface area contributed by atoms with Crippen LogP contribution in [0.2, 0.25) is 0 Å². The summed E-state index contributed by atoms with van der Waals surface area (Å²) in [5, 5.41) is 7.52. The molecule has 10 heteroatoms. The zero-order chi connectivity index (χ0) is 22.4. The molecule has 0 radical (unpaired) electrons. The van der Waals surface area contributed by atoms with Crippen LogP contribution in [0.3, 0.4) is 0 Å². The fourth-order valence-corrected chi connectivity index (χ4v) is 4.38. The summed E-state index contributed by atoms with van der Waals surface area (Å²) in [4.78, 5) is 28.7. The summed E-state index contributed by atoms with van der Waals surface area (Å²) >= 11 is 0. The SMILES string of the molecule is Cc1nonc1CN(C)C(=O)[C@@H]1CC12CCN(C(=O)c1cccc(C(F)(F)F)c1)CC2. The van der Waals surface area contributed by atoms with Gasteiger partial charge in [0, 0.05) is 31.6 Å². The van der Waals surface area contributed by atoms with Crippen LogP contribution >= 0.6 is 0 Å². The zero-order valence-electron chi connectivity index (χ0n) is 17.3. The lowest BCUT2D eigenvalue weighted by Gasteiger charge is -2.33. The number of likely N-dealkylation sites (tertiary alicyclic amines) is 1. The van der Waals surface area contributed by atoms with Gasteiger partial charge in [-0.15, -0.1) is 0 Å². The van der Waals surface area contributed by atoms with Gasteiger partial charge < -0.3 is 9.80 Å². The Morgan fingerprint density at radius 3 is 2.58 bits per heavy atom. The van der Waals surface area contributed by atoms with E-state index in [1.165, 1.54) is 12.1 Å². The first kappa shape index (κ1) is 21.3. The summed E-state index contributed by atoms with van der Waals surface area (Å²) in [5.74, 6) is -0.487. The molecule has 2 amide bonds. The molecule has 0 unspecified atom stereocenters. The maximum absolute atomic E-state index is 12.9. The van der Waals surface area contributed by atoms with Gasteiger partial charge in [-0.05, 0) is 49.8 Å². The number of piperidine rings is 1. The van der Waals surface area contributed by atoms with Crippen molar-refractivity contribution in [2.75, 3.05) is 20.1 Å². The topological polar surface area (TPSA) is 79.5 Å². The molecule has 31 heavy (non-hydrogen) atoms. The minimum atomic E-state index is -4.49. The van der Waals surface area contributed by atoms with Crippen LogP contribution in [0.5, 0.6) is 0 Å². The van der Waals surface area contributed by atoms with E-state index in [0.717, 1.165) is 18.6 Å². The highest BCUT2D eigenvalue weighted by Crippen LogP contribution is 2.60. The van der Waals surface area contributed by atoms with Gasteiger partial charge >= 0.3 is 6.18 Å². The first-order valence-corrected chi connectivity index (χ1v) is 10.1. The van der Waals surface area contributed by atoms with Gasteiger partial charge in [0.1, 0.15) is 11.4 Å². The Bertz CT molecular complexity index is 996. The molecule has 1 atom stereocenters. The highest BCUT2D eigenvalue weighted by molar-refractivity contribution is 5.94. The van der Waals surface area contributed by atoms with Gasteiger partial charge in [0.25, 0.3) is 5.91 Å². The number of carbonyl (C=O) groups is 2. The monoisotopic (exact) mass is 436 g/mol. The Morgan fingerprint density at radius 2 is 1.97 bits per heavy atom. The van der Waals surface area contributed by atoms with Crippen LogP contribution in [-0.4, -0.2) is 52.1 Å².